The van der Waals surface area contributed by atoms with Gasteiger partial charge in [-0.3, -0.25) is 19.9 Å². The second-order valence-corrected chi connectivity index (χ2v) is 13.3. The highest BCUT2D eigenvalue weighted by Crippen LogP contribution is 2.63. The fraction of sp³-hybridized carbons (Fsp3) is 0.0213. The zero-order valence-corrected chi connectivity index (χ0v) is 28.2. The molecule has 4 aromatic heterocycles. The monoisotopic (exact) mass is 674 g/mol. The molecule has 0 unspecified atom stereocenters. The predicted molar refractivity (Wildman–Crippen MR) is 207 cm³/mol. The Kier molecular flexibility index (Phi) is 6.73. The van der Waals surface area contributed by atoms with Gasteiger partial charge >= 0.3 is 0 Å². The van der Waals surface area contributed by atoms with E-state index in [-0.39, 0.29) is 0 Å². The van der Waals surface area contributed by atoms with Crippen molar-refractivity contribution in [2.45, 2.75) is 5.41 Å². The minimum atomic E-state index is -0.531. The van der Waals surface area contributed by atoms with Gasteiger partial charge in [-0.05, 0) is 104 Å². The predicted octanol–water partition coefficient (Wildman–Crippen LogP) is 10.7. The molecule has 6 heteroatoms. The van der Waals surface area contributed by atoms with Gasteiger partial charge < -0.3 is 0 Å². The van der Waals surface area contributed by atoms with Crippen molar-refractivity contribution in [1.29, 1.82) is 5.26 Å². The van der Waals surface area contributed by atoms with Gasteiger partial charge in [0.25, 0.3) is 0 Å². The van der Waals surface area contributed by atoms with Gasteiger partial charge in [-0.25, -0.2) is 4.85 Å². The molecule has 1 spiro atoms. The standard InChI is InChI=1S/C47H26N6/c1-49-34-19-21-51-46(25-34)44-17-13-33(28-53-44)31-11-15-38-37-14-10-30(32-12-16-43(52-27-32)45-22-29(26-48)18-20-50-45)23-41(37)47(42(38)24-31)39-8-4-2-6-35(39)36-7-3-5-9-40(36)47/h2-25,27-28H. The van der Waals surface area contributed by atoms with Crippen molar-refractivity contribution in [3.8, 4) is 73.4 Å². The lowest BCUT2D eigenvalue weighted by molar-refractivity contribution is 0.794. The van der Waals surface area contributed by atoms with E-state index in [1.54, 1.807) is 36.7 Å². The molecule has 244 valence electrons. The maximum absolute atomic E-state index is 9.38. The van der Waals surface area contributed by atoms with Crippen LogP contribution in [0.15, 0.2) is 158 Å². The van der Waals surface area contributed by atoms with Crippen molar-refractivity contribution >= 4 is 5.69 Å². The summed E-state index contributed by atoms with van der Waals surface area (Å²) in [6.45, 7) is 7.39. The average Bonchev–Trinajstić information content (AvgIpc) is 3.70. The number of benzene rings is 4. The summed E-state index contributed by atoms with van der Waals surface area (Å²) in [4.78, 5) is 22.0. The molecule has 0 radical (unpaired) electrons. The lowest BCUT2D eigenvalue weighted by atomic mass is 9.70. The minimum absolute atomic E-state index is 0.531. The SMILES string of the molecule is [C-]#[N+]c1ccnc(-c2ccc(-c3ccc4c(c3)C3(c5ccccc5-c5ccccc53)c3cc(-c5ccc(-c6cc(C#N)ccn6)nc5)ccc3-4)cn2)c1. The van der Waals surface area contributed by atoms with E-state index in [0.717, 1.165) is 33.6 Å². The van der Waals surface area contributed by atoms with Crippen molar-refractivity contribution in [2.24, 2.45) is 0 Å². The molecular formula is C47H26N6. The minimum Gasteiger partial charge on any atom is -0.257 e. The van der Waals surface area contributed by atoms with Crippen molar-refractivity contribution in [1.82, 2.24) is 19.9 Å². The summed E-state index contributed by atoms with van der Waals surface area (Å²) in [5.41, 5.74) is 17.5. The molecule has 0 aliphatic heterocycles. The van der Waals surface area contributed by atoms with E-state index in [2.05, 4.69) is 118 Å². The van der Waals surface area contributed by atoms with Gasteiger partial charge in [-0.2, -0.15) is 5.26 Å². The molecule has 0 N–H and O–H groups in total. The molecule has 4 heterocycles. The molecule has 6 nitrogen and oxygen atoms in total. The van der Waals surface area contributed by atoms with Gasteiger partial charge in [0, 0.05) is 35.9 Å². The van der Waals surface area contributed by atoms with E-state index in [0.29, 0.717) is 22.6 Å². The van der Waals surface area contributed by atoms with Gasteiger partial charge in [-0.1, -0.05) is 84.9 Å². The smallest absolute Gasteiger partial charge is 0.190 e. The Morgan fingerprint density at radius 2 is 0.981 bits per heavy atom. The second kappa shape index (κ2) is 11.8. The van der Waals surface area contributed by atoms with E-state index in [1.807, 2.05) is 24.5 Å². The van der Waals surface area contributed by atoms with Crippen molar-refractivity contribution in [2.75, 3.05) is 0 Å². The maximum atomic E-state index is 9.38. The molecule has 10 rings (SSSR count). The molecule has 0 atom stereocenters. The van der Waals surface area contributed by atoms with Gasteiger partial charge in [-0.15, -0.1) is 0 Å². The van der Waals surface area contributed by atoms with Crippen LogP contribution in [-0.4, -0.2) is 19.9 Å². The first-order valence-electron chi connectivity index (χ1n) is 17.3. The highest BCUT2D eigenvalue weighted by Gasteiger charge is 2.51. The number of pyridine rings is 4. The molecule has 4 aromatic carbocycles. The summed E-state index contributed by atoms with van der Waals surface area (Å²) in [6, 6.07) is 48.4. The van der Waals surface area contributed by atoms with Crippen molar-refractivity contribution in [3.05, 3.63) is 197 Å². The number of rotatable bonds is 4. The Balaban J connectivity index is 1.13. The fourth-order valence-electron chi connectivity index (χ4n) is 8.20. The van der Waals surface area contributed by atoms with E-state index < -0.39 is 5.41 Å². The molecule has 8 aromatic rings. The lowest BCUT2D eigenvalue weighted by Gasteiger charge is -2.31. The molecule has 0 saturated heterocycles. The van der Waals surface area contributed by atoms with E-state index in [1.165, 1.54) is 44.5 Å². The van der Waals surface area contributed by atoms with Crippen LogP contribution in [0, 0.1) is 17.9 Å². The lowest BCUT2D eigenvalue weighted by Crippen LogP contribution is -2.26. The van der Waals surface area contributed by atoms with Crippen LogP contribution >= 0.6 is 0 Å². The van der Waals surface area contributed by atoms with Crippen LogP contribution in [0.3, 0.4) is 0 Å². The molecule has 0 amide bonds. The Labute approximate surface area is 306 Å². The Bertz CT molecular complexity index is 2660. The first-order chi connectivity index (χ1) is 26.1. The number of nitriles is 1. The second-order valence-electron chi connectivity index (χ2n) is 13.3. The van der Waals surface area contributed by atoms with Crippen LogP contribution in [0.4, 0.5) is 5.69 Å². The van der Waals surface area contributed by atoms with Gasteiger partial charge in [0.1, 0.15) is 0 Å². The zero-order valence-electron chi connectivity index (χ0n) is 28.2. The van der Waals surface area contributed by atoms with Crippen molar-refractivity contribution < 1.29 is 0 Å². The van der Waals surface area contributed by atoms with Crippen LogP contribution in [0.25, 0.3) is 72.1 Å². The van der Waals surface area contributed by atoms with Crippen LogP contribution in [-0.2, 0) is 5.41 Å². The van der Waals surface area contributed by atoms with Crippen LogP contribution in [0.1, 0.15) is 27.8 Å². The summed E-state index contributed by atoms with van der Waals surface area (Å²) in [6.07, 6.45) is 7.09. The third kappa shape index (κ3) is 4.57. The summed E-state index contributed by atoms with van der Waals surface area (Å²) in [5, 5.41) is 9.38. The normalized spacial score (nSPS) is 12.6. The van der Waals surface area contributed by atoms with Crippen LogP contribution < -0.4 is 0 Å². The zero-order chi connectivity index (χ0) is 35.5. The van der Waals surface area contributed by atoms with Crippen LogP contribution in [0.5, 0.6) is 0 Å². The molecular weight excluding hydrogens is 649 g/mol. The van der Waals surface area contributed by atoms with Gasteiger partial charge in [0.2, 0.25) is 0 Å². The Morgan fingerprint density at radius 3 is 1.51 bits per heavy atom. The number of hydrogen-bond acceptors (Lipinski definition) is 5. The summed E-state index contributed by atoms with van der Waals surface area (Å²) >= 11 is 0. The van der Waals surface area contributed by atoms with E-state index >= 15 is 0 Å². The first kappa shape index (κ1) is 30.3. The first-order valence-corrected chi connectivity index (χ1v) is 17.3. The molecule has 2 aliphatic rings. The highest BCUT2D eigenvalue weighted by atomic mass is 14.8. The summed E-state index contributed by atoms with van der Waals surface area (Å²) < 4.78 is 0. The summed E-state index contributed by atoms with van der Waals surface area (Å²) in [5.74, 6) is 0. The topological polar surface area (TPSA) is 79.7 Å². The third-order valence-electron chi connectivity index (χ3n) is 10.6. The number of hydrogen-bond donors (Lipinski definition) is 0. The van der Waals surface area contributed by atoms with Crippen molar-refractivity contribution in [3.63, 3.8) is 0 Å². The molecule has 53 heavy (non-hydrogen) atoms. The van der Waals surface area contributed by atoms with Crippen LogP contribution in [0.2, 0.25) is 0 Å². The quantitative estimate of drug-likeness (QED) is 0.174. The number of nitrogens with zero attached hydrogens (tertiary/aromatic N) is 6. The van der Waals surface area contributed by atoms with E-state index in [4.69, 9.17) is 16.5 Å². The Hall–Kier alpha value is -7.54. The largest absolute Gasteiger partial charge is 0.257 e. The number of aromatic nitrogens is 4. The molecule has 2 aliphatic carbocycles. The van der Waals surface area contributed by atoms with Gasteiger partial charge in [0.05, 0.1) is 46.4 Å². The Morgan fingerprint density at radius 1 is 0.472 bits per heavy atom. The molecule has 0 saturated carbocycles. The summed E-state index contributed by atoms with van der Waals surface area (Å²) in [7, 11) is 0. The van der Waals surface area contributed by atoms with Gasteiger partial charge in [0.15, 0.2) is 5.69 Å². The fourth-order valence-corrected chi connectivity index (χ4v) is 8.20. The maximum Gasteiger partial charge on any atom is 0.190 e. The average molecular weight is 675 g/mol. The number of fused-ring (bicyclic) bond motifs is 10. The third-order valence-corrected chi connectivity index (χ3v) is 10.6. The van der Waals surface area contributed by atoms with E-state index in [9.17, 15) is 5.26 Å². The highest BCUT2D eigenvalue weighted by molar-refractivity contribution is 5.96. The molecule has 0 bridgehead atoms. The molecule has 0 fully saturated rings.